The van der Waals surface area contributed by atoms with Gasteiger partial charge in [0.15, 0.2) is 0 Å². The summed E-state index contributed by atoms with van der Waals surface area (Å²) in [6.07, 6.45) is 5.85. The van der Waals surface area contributed by atoms with Gasteiger partial charge >= 0.3 is 0 Å². The van der Waals surface area contributed by atoms with Gasteiger partial charge < -0.3 is 5.32 Å². The Labute approximate surface area is 160 Å². The van der Waals surface area contributed by atoms with Crippen LogP contribution in [-0.2, 0) is 0 Å². The van der Waals surface area contributed by atoms with Gasteiger partial charge in [-0.1, -0.05) is 61.2 Å². The summed E-state index contributed by atoms with van der Waals surface area (Å²) in [6, 6.07) is 16.5. The average molecular weight is 358 g/mol. The first-order valence-corrected chi connectivity index (χ1v) is 9.90. The molecule has 27 heavy (non-hydrogen) atoms. The van der Waals surface area contributed by atoms with E-state index in [2.05, 4.69) is 37.4 Å². The molecule has 0 bridgehead atoms. The smallest absolute Gasteiger partial charge is 0.252 e. The lowest BCUT2D eigenvalue weighted by Gasteiger charge is -2.23. The van der Waals surface area contributed by atoms with Gasteiger partial charge in [-0.2, -0.15) is 0 Å². The van der Waals surface area contributed by atoms with Crippen LogP contribution in [0.3, 0.4) is 0 Å². The molecule has 0 saturated heterocycles. The fourth-order valence-corrected chi connectivity index (χ4v) is 4.11. The van der Waals surface area contributed by atoms with Crippen LogP contribution in [0.5, 0.6) is 0 Å². The number of fused-ring (bicyclic) bond motifs is 1. The molecule has 1 saturated carbocycles. The monoisotopic (exact) mass is 358 g/mol. The summed E-state index contributed by atoms with van der Waals surface area (Å²) >= 11 is 0. The molecule has 1 N–H and O–H groups in total. The molecule has 1 aliphatic carbocycles. The number of nitrogens with one attached hydrogen (secondary N) is 1. The Morgan fingerprint density at radius 3 is 2.56 bits per heavy atom. The van der Waals surface area contributed by atoms with Crippen molar-refractivity contribution in [2.45, 2.75) is 52.0 Å². The minimum absolute atomic E-state index is 0.0199. The maximum atomic E-state index is 13.1. The summed E-state index contributed by atoms with van der Waals surface area (Å²) in [5.41, 5.74) is 5.94. The first kappa shape index (κ1) is 17.7. The highest BCUT2D eigenvalue weighted by Gasteiger charge is 2.19. The molecule has 1 amide bonds. The topological polar surface area (TPSA) is 42.0 Å². The molecule has 1 aromatic heterocycles. The van der Waals surface area contributed by atoms with Gasteiger partial charge in [0.1, 0.15) is 0 Å². The summed E-state index contributed by atoms with van der Waals surface area (Å²) in [5.74, 6) is 0.0199. The second kappa shape index (κ2) is 7.51. The summed E-state index contributed by atoms with van der Waals surface area (Å²) in [6.45, 7) is 4.19. The normalized spacial score (nSPS) is 15.0. The lowest BCUT2D eigenvalue weighted by Crippen LogP contribution is -2.36. The van der Waals surface area contributed by atoms with E-state index in [1.165, 1.54) is 30.4 Å². The molecular weight excluding hydrogens is 332 g/mol. The maximum absolute atomic E-state index is 13.1. The molecule has 0 aliphatic heterocycles. The van der Waals surface area contributed by atoms with E-state index in [0.29, 0.717) is 6.04 Å². The predicted molar refractivity (Wildman–Crippen MR) is 111 cm³/mol. The van der Waals surface area contributed by atoms with Crippen molar-refractivity contribution in [1.29, 1.82) is 0 Å². The van der Waals surface area contributed by atoms with Crippen molar-refractivity contribution >= 4 is 16.8 Å². The maximum Gasteiger partial charge on any atom is 0.252 e. The van der Waals surface area contributed by atoms with Crippen molar-refractivity contribution in [3.8, 4) is 11.3 Å². The zero-order valence-corrected chi connectivity index (χ0v) is 16.1. The van der Waals surface area contributed by atoms with Crippen molar-refractivity contribution in [2.24, 2.45) is 0 Å². The number of aryl methyl sites for hydroxylation is 2. The molecule has 3 heteroatoms. The van der Waals surface area contributed by atoms with Crippen molar-refractivity contribution in [3.05, 3.63) is 65.2 Å². The summed E-state index contributed by atoms with van der Waals surface area (Å²) < 4.78 is 0. The third-order valence-electron chi connectivity index (χ3n) is 5.56. The lowest BCUT2D eigenvalue weighted by atomic mass is 9.94. The lowest BCUT2D eigenvalue weighted by molar-refractivity contribution is 0.0929. The second-order valence-electron chi connectivity index (χ2n) is 7.70. The van der Waals surface area contributed by atoms with E-state index >= 15 is 0 Å². The van der Waals surface area contributed by atoms with E-state index in [-0.39, 0.29) is 5.91 Å². The summed E-state index contributed by atoms with van der Waals surface area (Å²) in [5, 5.41) is 4.18. The van der Waals surface area contributed by atoms with Crippen LogP contribution in [0.1, 0.15) is 53.6 Å². The van der Waals surface area contributed by atoms with Crippen molar-refractivity contribution < 1.29 is 4.79 Å². The first-order chi connectivity index (χ1) is 13.1. The molecule has 1 heterocycles. The number of benzene rings is 2. The Bertz CT molecular complexity index is 987. The quantitative estimate of drug-likeness (QED) is 0.664. The van der Waals surface area contributed by atoms with Gasteiger partial charge in [-0.15, -0.1) is 0 Å². The minimum Gasteiger partial charge on any atom is -0.349 e. The molecule has 0 unspecified atom stereocenters. The molecule has 3 nitrogen and oxygen atoms in total. The van der Waals surface area contributed by atoms with Crippen LogP contribution < -0.4 is 5.32 Å². The Morgan fingerprint density at radius 2 is 1.78 bits per heavy atom. The van der Waals surface area contributed by atoms with Gasteiger partial charge in [0, 0.05) is 17.0 Å². The zero-order valence-electron chi connectivity index (χ0n) is 16.1. The Balaban J connectivity index is 1.77. The first-order valence-electron chi connectivity index (χ1n) is 9.90. The molecule has 138 valence electrons. The van der Waals surface area contributed by atoms with Crippen LogP contribution >= 0.6 is 0 Å². The van der Waals surface area contributed by atoms with Gasteiger partial charge in [0.25, 0.3) is 5.91 Å². The highest BCUT2D eigenvalue weighted by atomic mass is 16.1. The van der Waals surface area contributed by atoms with Crippen LogP contribution in [0.2, 0.25) is 0 Å². The molecule has 1 aliphatic rings. The van der Waals surface area contributed by atoms with Gasteiger partial charge in [-0.05, 0) is 44.4 Å². The van der Waals surface area contributed by atoms with Crippen molar-refractivity contribution in [1.82, 2.24) is 10.3 Å². The van der Waals surface area contributed by atoms with Crippen LogP contribution in [0.4, 0.5) is 0 Å². The second-order valence-corrected chi connectivity index (χ2v) is 7.70. The van der Waals surface area contributed by atoms with Crippen LogP contribution in [0, 0.1) is 13.8 Å². The number of nitrogens with zero attached hydrogens (tertiary/aromatic N) is 1. The van der Waals surface area contributed by atoms with Gasteiger partial charge in [-0.25, -0.2) is 4.98 Å². The number of carbonyl (C=O) groups is 1. The molecule has 0 spiro atoms. The van der Waals surface area contributed by atoms with Gasteiger partial charge in [0.2, 0.25) is 0 Å². The van der Waals surface area contributed by atoms with E-state index in [1.807, 2.05) is 30.3 Å². The Hall–Kier alpha value is -2.68. The number of carbonyl (C=O) groups excluding carboxylic acids is 1. The molecule has 0 atom stereocenters. The molecule has 3 aromatic rings. The molecule has 1 fully saturated rings. The highest BCUT2D eigenvalue weighted by Crippen LogP contribution is 2.28. The summed E-state index contributed by atoms with van der Waals surface area (Å²) in [7, 11) is 0. The predicted octanol–water partition coefficient (Wildman–Crippen LogP) is 5.58. The van der Waals surface area contributed by atoms with Gasteiger partial charge in [-0.3, -0.25) is 4.79 Å². The molecular formula is C24H26N2O. The minimum atomic E-state index is 0.0199. The zero-order chi connectivity index (χ0) is 18.8. The largest absolute Gasteiger partial charge is 0.349 e. The third kappa shape index (κ3) is 3.73. The van der Waals surface area contributed by atoms with Crippen molar-refractivity contribution in [3.63, 3.8) is 0 Å². The van der Waals surface area contributed by atoms with Crippen molar-refractivity contribution in [2.75, 3.05) is 0 Å². The fourth-order valence-electron chi connectivity index (χ4n) is 4.11. The average Bonchev–Trinajstić information content (AvgIpc) is 2.68. The van der Waals surface area contributed by atoms with Crippen LogP contribution in [0.25, 0.3) is 22.2 Å². The van der Waals surface area contributed by atoms with Gasteiger partial charge in [0.05, 0.1) is 16.8 Å². The number of pyridine rings is 1. The fraction of sp³-hybridized carbons (Fsp3) is 0.333. The van der Waals surface area contributed by atoms with Crippen LogP contribution in [0.15, 0.2) is 48.5 Å². The van der Waals surface area contributed by atoms with E-state index in [4.69, 9.17) is 4.98 Å². The standard InChI is InChI=1S/C24H26N2O/c1-16-12-13-19(17(2)14-16)23-15-21(20-10-6-7-11-22(20)26-23)24(27)25-18-8-4-3-5-9-18/h6-7,10-15,18H,3-5,8-9H2,1-2H3,(H,25,27). The number of para-hydroxylation sites is 1. The molecule has 0 radical (unpaired) electrons. The number of hydrogen-bond donors (Lipinski definition) is 1. The summed E-state index contributed by atoms with van der Waals surface area (Å²) in [4.78, 5) is 18.0. The Morgan fingerprint density at radius 1 is 1.00 bits per heavy atom. The van der Waals surface area contributed by atoms with Crippen LogP contribution in [-0.4, -0.2) is 16.9 Å². The molecule has 2 aromatic carbocycles. The number of hydrogen-bond acceptors (Lipinski definition) is 2. The van der Waals surface area contributed by atoms with E-state index < -0.39 is 0 Å². The van der Waals surface area contributed by atoms with E-state index in [0.717, 1.165) is 40.6 Å². The Kier molecular flexibility index (Phi) is 4.93. The number of amides is 1. The number of rotatable bonds is 3. The highest BCUT2D eigenvalue weighted by molar-refractivity contribution is 6.07. The SMILES string of the molecule is Cc1ccc(-c2cc(C(=O)NC3CCCCC3)c3ccccc3n2)c(C)c1. The number of aromatic nitrogens is 1. The van der Waals surface area contributed by atoms with E-state index in [1.54, 1.807) is 0 Å². The van der Waals surface area contributed by atoms with E-state index in [9.17, 15) is 4.79 Å². The third-order valence-corrected chi connectivity index (χ3v) is 5.56. The molecule has 4 rings (SSSR count).